The van der Waals surface area contributed by atoms with E-state index < -0.39 is 0 Å². The van der Waals surface area contributed by atoms with Gasteiger partial charge in [0, 0.05) is 5.69 Å². The Hall–Kier alpha value is -2.46. The second kappa shape index (κ2) is 12.6. The van der Waals surface area contributed by atoms with Crippen LogP contribution in [0.3, 0.4) is 0 Å². The smallest absolute Gasteiger partial charge is 0.142 e. The minimum absolute atomic E-state index is 0.295. The van der Waals surface area contributed by atoms with E-state index in [9.17, 15) is 0 Å². The van der Waals surface area contributed by atoms with Gasteiger partial charge in [-0.05, 0) is 116 Å². The van der Waals surface area contributed by atoms with Gasteiger partial charge in [-0.15, -0.1) is 0 Å². The summed E-state index contributed by atoms with van der Waals surface area (Å²) >= 11 is 0. The third-order valence-electron chi connectivity index (χ3n) is 12.0. The molecular formula is C38H56N2O2. The lowest BCUT2D eigenvalue weighted by molar-refractivity contribution is 0.0117. The minimum Gasteiger partial charge on any atom is -0.487 e. The molecule has 42 heavy (non-hydrogen) atoms. The maximum absolute atomic E-state index is 6.33. The number of hydrogen-bond acceptors (Lipinski definition) is 4. The number of nitrogens with two attached hydrogens (primary N) is 2. The van der Waals surface area contributed by atoms with Crippen molar-refractivity contribution in [2.24, 2.45) is 46.3 Å². The van der Waals surface area contributed by atoms with Crippen LogP contribution < -0.4 is 16.2 Å². The summed E-state index contributed by atoms with van der Waals surface area (Å²) in [5.74, 6) is 4.94. The van der Waals surface area contributed by atoms with Gasteiger partial charge in [-0.3, -0.25) is 0 Å². The molecule has 4 aliphatic rings. The molecule has 4 heteroatoms. The van der Waals surface area contributed by atoms with Gasteiger partial charge in [-0.25, -0.2) is 0 Å². The van der Waals surface area contributed by atoms with Crippen molar-refractivity contribution < 1.29 is 9.47 Å². The van der Waals surface area contributed by atoms with Crippen LogP contribution in [-0.4, -0.2) is 19.3 Å². The molecule has 0 aromatic heterocycles. The molecule has 5 unspecified atom stereocenters. The van der Waals surface area contributed by atoms with E-state index in [1.54, 1.807) is 23.3 Å². The Balaban J connectivity index is 1.17. The zero-order valence-electron chi connectivity index (χ0n) is 27.1. The quantitative estimate of drug-likeness (QED) is 0.217. The van der Waals surface area contributed by atoms with Crippen LogP contribution in [0.5, 0.6) is 5.75 Å². The van der Waals surface area contributed by atoms with E-state index in [0.717, 1.165) is 24.7 Å². The Morgan fingerprint density at radius 1 is 0.905 bits per heavy atom. The molecule has 0 saturated heterocycles. The number of anilines is 2. The Bertz CT molecular complexity index is 1230. The van der Waals surface area contributed by atoms with E-state index in [1.807, 2.05) is 12.1 Å². The van der Waals surface area contributed by atoms with Crippen LogP contribution in [0.25, 0.3) is 0 Å². The van der Waals surface area contributed by atoms with Crippen molar-refractivity contribution in [3.8, 4) is 5.75 Å². The number of allylic oxidation sites excluding steroid dienone is 5. The van der Waals surface area contributed by atoms with Crippen molar-refractivity contribution in [2.75, 3.05) is 24.7 Å². The van der Waals surface area contributed by atoms with Crippen LogP contribution >= 0.6 is 0 Å². The minimum atomic E-state index is 0.295. The summed E-state index contributed by atoms with van der Waals surface area (Å²) in [6, 6.07) is 5.34. The van der Waals surface area contributed by atoms with E-state index >= 15 is 0 Å². The highest BCUT2D eigenvalue weighted by Gasteiger charge is 2.56. The van der Waals surface area contributed by atoms with Gasteiger partial charge in [0.25, 0.3) is 0 Å². The van der Waals surface area contributed by atoms with Crippen molar-refractivity contribution in [2.45, 2.75) is 92.6 Å². The first-order chi connectivity index (χ1) is 20.0. The first-order valence-electron chi connectivity index (χ1n) is 16.7. The number of benzene rings is 1. The highest BCUT2D eigenvalue weighted by atomic mass is 16.5. The maximum Gasteiger partial charge on any atom is 0.142 e. The molecule has 1 aromatic rings. The summed E-state index contributed by atoms with van der Waals surface area (Å²) < 4.78 is 12.1. The molecule has 0 aliphatic heterocycles. The summed E-state index contributed by atoms with van der Waals surface area (Å²) in [6.07, 6.45) is 23.4. The van der Waals surface area contributed by atoms with Gasteiger partial charge in [0.2, 0.25) is 0 Å². The molecule has 0 bridgehead atoms. The summed E-state index contributed by atoms with van der Waals surface area (Å²) in [5.41, 5.74) is 17.1. The Morgan fingerprint density at radius 2 is 1.69 bits per heavy atom. The van der Waals surface area contributed by atoms with Gasteiger partial charge in [-0.2, -0.15) is 0 Å². The molecular weight excluding hydrogens is 516 g/mol. The van der Waals surface area contributed by atoms with Crippen molar-refractivity contribution >= 4 is 11.4 Å². The van der Waals surface area contributed by atoms with E-state index in [1.165, 1.54) is 32.1 Å². The van der Waals surface area contributed by atoms with Gasteiger partial charge < -0.3 is 20.9 Å². The van der Waals surface area contributed by atoms with Crippen LogP contribution in [0.15, 0.2) is 65.8 Å². The molecule has 230 valence electrons. The molecule has 5 rings (SSSR count). The van der Waals surface area contributed by atoms with Crippen LogP contribution in [0, 0.1) is 46.3 Å². The lowest BCUT2D eigenvalue weighted by Gasteiger charge is -2.55. The van der Waals surface area contributed by atoms with Gasteiger partial charge in [0.15, 0.2) is 0 Å². The molecule has 0 amide bonds. The van der Waals surface area contributed by atoms with Crippen molar-refractivity contribution in [3.63, 3.8) is 0 Å². The maximum atomic E-state index is 6.33. The normalized spacial score (nSPS) is 34.1. The fraction of sp³-hybridized carbons (Fsp3) is 0.632. The third-order valence-corrected chi connectivity index (χ3v) is 12.0. The molecule has 4 aliphatic carbocycles. The second-order valence-electron chi connectivity index (χ2n) is 14.7. The van der Waals surface area contributed by atoms with Crippen LogP contribution in [0.2, 0.25) is 0 Å². The number of rotatable bonds is 10. The monoisotopic (exact) mass is 572 g/mol. The van der Waals surface area contributed by atoms with E-state index in [-0.39, 0.29) is 0 Å². The van der Waals surface area contributed by atoms with E-state index in [0.29, 0.717) is 70.9 Å². The van der Waals surface area contributed by atoms with Crippen molar-refractivity contribution in [3.05, 3.63) is 65.8 Å². The average Bonchev–Trinajstić information content (AvgIpc) is 3.31. The molecule has 3 saturated carbocycles. The van der Waals surface area contributed by atoms with Crippen LogP contribution in [0.1, 0.15) is 86.5 Å². The first-order valence-corrected chi connectivity index (χ1v) is 16.7. The predicted molar refractivity (Wildman–Crippen MR) is 177 cm³/mol. The van der Waals surface area contributed by atoms with Gasteiger partial charge >= 0.3 is 0 Å². The van der Waals surface area contributed by atoms with Gasteiger partial charge in [0.1, 0.15) is 12.4 Å². The average molecular weight is 573 g/mol. The standard InChI is InChI=1S/C38H56N2O2/c1-25(2)26(3)9-10-27(4)32-14-15-33-31-13-11-28-23-30(17-19-37(28,5)34(31)18-20-38(32,33)6)41-21-7-8-22-42-36-16-12-29(39)24-35(36)40/h7-13,16,24-27,30,32-34H,14-15,17-23,39-40H2,1-6H3/b8-7+,10-9+/t26-,27?,30?,32?,33?,34?,37+,38+/m0/s1. The summed E-state index contributed by atoms with van der Waals surface area (Å²) in [7, 11) is 0. The van der Waals surface area contributed by atoms with Crippen LogP contribution in [0.4, 0.5) is 11.4 Å². The number of nitrogen functional groups attached to an aromatic ring is 2. The number of ether oxygens (including phenoxy) is 2. The molecule has 0 spiro atoms. The highest BCUT2D eigenvalue weighted by Crippen LogP contribution is 2.66. The van der Waals surface area contributed by atoms with Crippen LogP contribution in [-0.2, 0) is 4.74 Å². The topological polar surface area (TPSA) is 70.5 Å². The third kappa shape index (κ3) is 6.11. The Kier molecular flexibility index (Phi) is 9.33. The predicted octanol–water partition coefficient (Wildman–Crippen LogP) is 9.15. The fourth-order valence-electron chi connectivity index (χ4n) is 8.89. The van der Waals surface area contributed by atoms with E-state index in [4.69, 9.17) is 20.9 Å². The lowest BCUT2D eigenvalue weighted by atomic mass is 9.50. The summed E-state index contributed by atoms with van der Waals surface area (Å²) in [5, 5.41) is 0. The highest BCUT2D eigenvalue weighted by molar-refractivity contribution is 5.60. The largest absolute Gasteiger partial charge is 0.487 e. The molecule has 1 aromatic carbocycles. The molecule has 4 N–H and O–H groups in total. The van der Waals surface area contributed by atoms with Crippen molar-refractivity contribution in [1.82, 2.24) is 0 Å². The summed E-state index contributed by atoms with van der Waals surface area (Å²) in [4.78, 5) is 0. The second-order valence-corrected chi connectivity index (χ2v) is 14.7. The summed E-state index contributed by atoms with van der Waals surface area (Å²) in [6.45, 7) is 15.8. The SMILES string of the molecule is CC(/C=C/[C@H](C)C(C)C)C1CCC2C3=CC=C4CC(OC/C=C/COc5ccc(N)cc5N)CC[C@@]4(C)C3CC[C@@]21C. The molecule has 0 radical (unpaired) electrons. The zero-order valence-corrected chi connectivity index (χ0v) is 27.1. The molecule has 0 heterocycles. The van der Waals surface area contributed by atoms with Gasteiger partial charge in [0.05, 0.1) is 18.4 Å². The lowest BCUT2D eigenvalue weighted by Crippen LogP contribution is -2.46. The Morgan fingerprint density at radius 3 is 2.45 bits per heavy atom. The zero-order chi connectivity index (χ0) is 30.1. The first kappa shape index (κ1) is 31.0. The molecule has 8 atom stereocenters. The number of fused-ring (bicyclic) bond motifs is 5. The molecule has 4 nitrogen and oxygen atoms in total. The molecule has 3 fully saturated rings. The number of hydrogen-bond donors (Lipinski definition) is 2. The fourth-order valence-corrected chi connectivity index (χ4v) is 8.89. The Labute approximate surface area is 255 Å². The van der Waals surface area contributed by atoms with Gasteiger partial charge in [-0.1, -0.05) is 83.1 Å². The van der Waals surface area contributed by atoms with E-state index in [2.05, 4.69) is 71.9 Å². The van der Waals surface area contributed by atoms with Crippen molar-refractivity contribution in [1.29, 1.82) is 0 Å².